The van der Waals surface area contributed by atoms with E-state index in [-0.39, 0.29) is 43.7 Å². The minimum Gasteiger partial charge on any atom is -0.449 e. The molecule has 16 heteroatoms. The Balaban J connectivity index is 0.000000168. The van der Waals surface area contributed by atoms with Gasteiger partial charge in [0.15, 0.2) is 11.3 Å². The van der Waals surface area contributed by atoms with Crippen molar-refractivity contribution in [2.45, 2.75) is 32.7 Å². The quantitative estimate of drug-likeness (QED) is 0.152. The Morgan fingerprint density at radius 1 is 0.683 bits per heavy atom. The lowest BCUT2D eigenvalue weighted by molar-refractivity contribution is 0.0923. The molecule has 0 unspecified atom stereocenters. The van der Waals surface area contributed by atoms with Gasteiger partial charge in [0.2, 0.25) is 19.7 Å². The number of hydrogen-bond acceptors (Lipinski definition) is 10. The molecule has 0 bridgehead atoms. The molecule has 0 aliphatic carbocycles. The SMILES string of the molecule is Cn1ncc2c(S(=O)(=O)c3ccc(CNC(=O)c4cc5ccncc5o4)cc3)cccc21.O=C(NCc1ccc(S(=O)(=O)c2ccccc2)cc1)c1ccc2nccn2c1. The van der Waals surface area contributed by atoms with Gasteiger partial charge < -0.3 is 19.5 Å². The topological polar surface area (TPSA) is 188 Å². The highest BCUT2D eigenvalue weighted by atomic mass is 32.2. The van der Waals surface area contributed by atoms with Crippen molar-refractivity contribution in [1.82, 2.24) is 34.8 Å². The zero-order valence-electron chi connectivity index (χ0n) is 31.8. The van der Waals surface area contributed by atoms with Crippen LogP contribution in [-0.4, -0.2) is 52.8 Å². The minimum absolute atomic E-state index is 0.175. The number of furan rings is 1. The molecule has 0 saturated heterocycles. The molecule has 0 saturated carbocycles. The Kier molecular flexibility index (Phi) is 10.8. The largest absolute Gasteiger partial charge is 0.449 e. The van der Waals surface area contributed by atoms with E-state index in [9.17, 15) is 26.4 Å². The third kappa shape index (κ3) is 8.14. The van der Waals surface area contributed by atoms with Crippen molar-refractivity contribution in [2.75, 3.05) is 0 Å². The molecule has 5 aromatic heterocycles. The fourth-order valence-electron chi connectivity index (χ4n) is 6.43. The molecular weight excluding hydrogens is 803 g/mol. The predicted molar refractivity (Wildman–Crippen MR) is 222 cm³/mol. The summed E-state index contributed by atoms with van der Waals surface area (Å²) in [4.78, 5) is 33.7. The number of nitrogens with one attached hydrogen (secondary N) is 2. The summed E-state index contributed by atoms with van der Waals surface area (Å²) in [5.74, 6) is -0.380. The zero-order valence-corrected chi connectivity index (χ0v) is 33.5. The van der Waals surface area contributed by atoms with Gasteiger partial charge in [0.1, 0.15) is 5.65 Å². The van der Waals surface area contributed by atoms with Gasteiger partial charge in [-0.1, -0.05) is 48.5 Å². The molecule has 0 atom stereocenters. The second kappa shape index (κ2) is 16.4. The van der Waals surface area contributed by atoms with Crippen LogP contribution in [0.1, 0.15) is 32.0 Å². The summed E-state index contributed by atoms with van der Waals surface area (Å²) in [5.41, 5.74) is 4.14. The highest BCUT2D eigenvalue weighted by Crippen LogP contribution is 2.28. The standard InChI is InChI=1S/C23H18N4O4S.C21H17N3O3S/c1-27-19-3-2-4-22(18(19)13-26-27)32(29,30)17-7-5-15(6-8-17)12-25-23(28)20-11-16-9-10-24-14-21(16)31-20;25-21(17-8-11-20-22-12-13-24(20)15-17)23-14-16-6-9-19(10-7-16)28(26,27)18-4-2-1-3-5-18/h2-11,13-14H,12H2,1H3,(H,25,28);1-13,15H,14H2,(H,23,25). The smallest absolute Gasteiger partial charge is 0.287 e. The first kappa shape index (κ1) is 39.4. The van der Waals surface area contributed by atoms with E-state index in [2.05, 4.69) is 25.7 Å². The summed E-state index contributed by atoms with van der Waals surface area (Å²) in [7, 11) is -5.49. The van der Waals surface area contributed by atoms with Crippen molar-refractivity contribution in [2.24, 2.45) is 7.05 Å². The maximum atomic E-state index is 13.2. The van der Waals surface area contributed by atoms with E-state index in [0.717, 1.165) is 27.7 Å². The number of aryl methyl sites for hydroxylation is 1. The normalized spacial score (nSPS) is 11.6. The highest BCUT2D eigenvalue weighted by Gasteiger charge is 2.22. The van der Waals surface area contributed by atoms with Crippen LogP contribution in [0.2, 0.25) is 0 Å². The number of fused-ring (bicyclic) bond motifs is 3. The van der Waals surface area contributed by atoms with Gasteiger partial charge in [0, 0.05) is 55.7 Å². The first-order valence-electron chi connectivity index (χ1n) is 18.4. The van der Waals surface area contributed by atoms with Crippen LogP contribution in [0, 0.1) is 0 Å². The van der Waals surface area contributed by atoms with Crippen molar-refractivity contribution >= 4 is 59.0 Å². The van der Waals surface area contributed by atoms with Gasteiger partial charge in [-0.3, -0.25) is 19.3 Å². The molecule has 2 N–H and O–H groups in total. The van der Waals surface area contributed by atoms with Gasteiger partial charge in [0.05, 0.1) is 43.1 Å². The average molecular weight is 838 g/mol. The summed E-state index contributed by atoms with van der Waals surface area (Å²) in [6, 6.07) is 33.3. The van der Waals surface area contributed by atoms with Crippen LogP contribution in [0.4, 0.5) is 0 Å². The van der Waals surface area contributed by atoms with E-state index < -0.39 is 19.7 Å². The Hall–Kier alpha value is -7.43. The second-order valence-electron chi connectivity index (χ2n) is 13.6. The van der Waals surface area contributed by atoms with Crippen molar-refractivity contribution in [3.63, 3.8) is 0 Å². The summed E-state index contributed by atoms with van der Waals surface area (Å²) in [6.45, 7) is 0.527. The van der Waals surface area contributed by atoms with Gasteiger partial charge in [-0.25, -0.2) is 21.8 Å². The lowest BCUT2D eigenvalue weighted by atomic mass is 10.2. The predicted octanol–water partition coefficient (Wildman–Crippen LogP) is 6.57. The van der Waals surface area contributed by atoms with E-state index in [1.165, 1.54) is 0 Å². The monoisotopic (exact) mass is 837 g/mol. The molecule has 2 amide bonds. The Labute approximate surface area is 344 Å². The molecule has 0 aliphatic rings. The van der Waals surface area contributed by atoms with E-state index in [0.29, 0.717) is 23.1 Å². The Bertz CT molecular complexity index is 3200. The van der Waals surface area contributed by atoms with E-state index in [4.69, 9.17) is 4.42 Å². The molecule has 4 aromatic carbocycles. The molecule has 14 nitrogen and oxygen atoms in total. The fraction of sp³-hybridized carbons (Fsp3) is 0.0682. The molecule has 0 spiro atoms. The third-order valence-electron chi connectivity index (χ3n) is 9.67. The first-order valence-corrected chi connectivity index (χ1v) is 21.4. The van der Waals surface area contributed by atoms with Gasteiger partial charge >= 0.3 is 0 Å². The number of amides is 2. The van der Waals surface area contributed by atoms with E-state index in [1.54, 1.807) is 169 Å². The maximum absolute atomic E-state index is 13.2. The number of nitrogens with zero attached hydrogens (tertiary/aromatic N) is 5. The molecule has 9 aromatic rings. The fourth-order valence-corrected chi connectivity index (χ4v) is 9.16. The Morgan fingerprint density at radius 2 is 1.35 bits per heavy atom. The summed E-state index contributed by atoms with van der Waals surface area (Å²) >= 11 is 0. The van der Waals surface area contributed by atoms with Crippen LogP contribution in [0.25, 0.3) is 27.5 Å². The first-order chi connectivity index (χ1) is 29.0. The van der Waals surface area contributed by atoms with Gasteiger partial charge in [-0.05, 0) is 83.9 Å². The Morgan fingerprint density at radius 3 is 2.05 bits per heavy atom. The van der Waals surface area contributed by atoms with E-state index in [1.807, 2.05) is 6.07 Å². The number of carbonyl (C=O) groups excluding carboxylic acids is 2. The molecule has 0 radical (unpaired) electrons. The van der Waals surface area contributed by atoms with Crippen LogP contribution in [-0.2, 0) is 39.8 Å². The molecule has 0 aliphatic heterocycles. The van der Waals surface area contributed by atoms with Gasteiger partial charge in [-0.2, -0.15) is 5.10 Å². The highest BCUT2D eigenvalue weighted by molar-refractivity contribution is 7.92. The average Bonchev–Trinajstić information content (AvgIpc) is 4.04. The van der Waals surface area contributed by atoms with Crippen molar-refractivity contribution in [1.29, 1.82) is 0 Å². The maximum Gasteiger partial charge on any atom is 0.287 e. The number of sulfone groups is 2. The van der Waals surface area contributed by atoms with Crippen molar-refractivity contribution in [3.05, 3.63) is 181 Å². The number of imidazole rings is 1. The lowest BCUT2D eigenvalue weighted by Gasteiger charge is -2.08. The lowest BCUT2D eigenvalue weighted by Crippen LogP contribution is -2.23. The summed E-state index contributed by atoms with van der Waals surface area (Å²) in [5, 5.41) is 11.1. The molecule has 60 heavy (non-hydrogen) atoms. The molecule has 0 fully saturated rings. The van der Waals surface area contributed by atoms with Crippen LogP contribution in [0.3, 0.4) is 0 Å². The van der Waals surface area contributed by atoms with Crippen LogP contribution < -0.4 is 10.6 Å². The summed E-state index contributed by atoms with van der Waals surface area (Å²) < 4.78 is 60.5. The van der Waals surface area contributed by atoms with Crippen molar-refractivity contribution in [3.8, 4) is 0 Å². The zero-order chi connectivity index (χ0) is 41.9. The van der Waals surface area contributed by atoms with Crippen LogP contribution >= 0.6 is 0 Å². The van der Waals surface area contributed by atoms with Crippen molar-refractivity contribution < 1.29 is 30.8 Å². The molecule has 300 valence electrons. The summed E-state index contributed by atoms with van der Waals surface area (Å²) in [6.07, 6.45) is 9.90. The minimum atomic E-state index is -3.72. The van der Waals surface area contributed by atoms with Gasteiger partial charge in [0.25, 0.3) is 11.8 Å². The number of benzene rings is 4. The number of aromatic nitrogens is 5. The molecule has 9 rings (SSSR count). The van der Waals surface area contributed by atoms with Crippen LogP contribution in [0.15, 0.2) is 183 Å². The third-order valence-corrected chi connectivity index (χ3v) is 13.3. The number of carbonyl (C=O) groups is 2. The molecule has 5 heterocycles. The molecular formula is C44H35N7O7S2. The number of pyridine rings is 2. The number of hydrogen-bond donors (Lipinski definition) is 2. The number of rotatable bonds is 10. The van der Waals surface area contributed by atoms with Crippen LogP contribution in [0.5, 0.6) is 0 Å². The second-order valence-corrected chi connectivity index (χ2v) is 17.4. The van der Waals surface area contributed by atoms with E-state index >= 15 is 0 Å². The van der Waals surface area contributed by atoms with Gasteiger partial charge in [-0.15, -0.1) is 0 Å².